The van der Waals surface area contributed by atoms with Crippen molar-refractivity contribution in [3.05, 3.63) is 35.1 Å². The standard InChI is InChI=1S/C11H11FO3/c1-7(6-13)4-8-2-3-9(12)5-10(8)11(14)15/h2-3,5-7H,4H2,1H3,(H,14,15). The highest BCUT2D eigenvalue weighted by molar-refractivity contribution is 5.89. The van der Waals surface area contributed by atoms with Gasteiger partial charge in [-0.3, -0.25) is 0 Å². The molecule has 1 atom stereocenters. The molecule has 1 aromatic carbocycles. The second kappa shape index (κ2) is 4.68. The number of rotatable bonds is 4. The van der Waals surface area contributed by atoms with Crippen LogP contribution < -0.4 is 0 Å². The zero-order chi connectivity index (χ0) is 11.4. The van der Waals surface area contributed by atoms with E-state index in [1.54, 1.807) is 6.92 Å². The lowest BCUT2D eigenvalue weighted by atomic mass is 9.97. The van der Waals surface area contributed by atoms with Crippen LogP contribution >= 0.6 is 0 Å². The molecular formula is C11H11FO3. The van der Waals surface area contributed by atoms with E-state index in [0.29, 0.717) is 12.0 Å². The zero-order valence-electron chi connectivity index (χ0n) is 8.24. The van der Waals surface area contributed by atoms with Crippen LogP contribution in [0.5, 0.6) is 0 Å². The number of aromatic carboxylic acids is 1. The molecule has 0 radical (unpaired) electrons. The highest BCUT2D eigenvalue weighted by Gasteiger charge is 2.13. The fourth-order valence-electron chi connectivity index (χ4n) is 1.32. The number of carbonyl (C=O) groups is 2. The van der Waals surface area contributed by atoms with Crippen molar-refractivity contribution in [2.45, 2.75) is 13.3 Å². The van der Waals surface area contributed by atoms with Crippen molar-refractivity contribution in [1.29, 1.82) is 0 Å². The summed E-state index contributed by atoms with van der Waals surface area (Å²) < 4.78 is 12.8. The third-order valence-corrected chi connectivity index (χ3v) is 2.08. The van der Waals surface area contributed by atoms with Gasteiger partial charge in [0.15, 0.2) is 0 Å². The second-order valence-electron chi connectivity index (χ2n) is 3.42. The van der Waals surface area contributed by atoms with Gasteiger partial charge in [-0.15, -0.1) is 0 Å². The van der Waals surface area contributed by atoms with E-state index < -0.39 is 11.8 Å². The highest BCUT2D eigenvalue weighted by Crippen LogP contribution is 2.15. The number of carbonyl (C=O) groups excluding carboxylic acids is 1. The van der Waals surface area contributed by atoms with Crippen LogP contribution in [0.4, 0.5) is 4.39 Å². The van der Waals surface area contributed by atoms with Crippen molar-refractivity contribution in [2.24, 2.45) is 5.92 Å². The van der Waals surface area contributed by atoms with Gasteiger partial charge in [-0.1, -0.05) is 13.0 Å². The van der Waals surface area contributed by atoms with Gasteiger partial charge in [0.1, 0.15) is 12.1 Å². The van der Waals surface area contributed by atoms with Crippen LogP contribution in [0.2, 0.25) is 0 Å². The van der Waals surface area contributed by atoms with E-state index in [4.69, 9.17) is 5.11 Å². The van der Waals surface area contributed by atoms with Gasteiger partial charge in [0.2, 0.25) is 0 Å². The number of halogens is 1. The molecule has 0 fully saturated rings. The third kappa shape index (κ3) is 2.87. The van der Waals surface area contributed by atoms with Gasteiger partial charge in [-0.2, -0.15) is 0 Å². The molecule has 0 aromatic heterocycles. The van der Waals surface area contributed by atoms with E-state index in [2.05, 4.69) is 0 Å². The molecule has 0 aliphatic carbocycles. The average Bonchev–Trinajstić information content (AvgIpc) is 2.20. The fraction of sp³-hybridized carbons (Fsp3) is 0.273. The summed E-state index contributed by atoms with van der Waals surface area (Å²) in [4.78, 5) is 21.2. The first-order valence-electron chi connectivity index (χ1n) is 4.51. The third-order valence-electron chi connectivity index (χ3n) is 2.08. The van der Waals surface area contributed by atoms with Gasteiger partial charge in [0, 0.05) is 5.92 Å². The summed E-state index contributed by atoms with van der Waals surface area (Å²) in [6, 6.07) is 3.56. The van der Waals surface area contributed by atoms with E-state index in [-0.39, 0.29) is 11.5 Å². The van der Waals surface area contributed by atoms with Crippen LogP contribution in [0.25, 0.3) is 0 Å². The summed E-state index contributed by atoms with van der Waals surface area (Å²) in [6.45, 7) is 1.68. The number of hydrogen-bond acceptors (Lipinski definition) is 2. The smallest absolute Gasteiger partial charge is 0.336 e. The van der Waals surface area contributed by atoms with Crippen LogP contribution in [0.15, 0.2) is 18.2 Å². The minimum absolute atomic E-state index is 0.0799. The van der Waals surface area contributed by atoms with Gasteiger partial charge >= 0.3 is 5.97 Å². The maximum absolute atomic E-state index is 12.8. The van der Waals surface area contributed by atoms with E-state index in [0.717, 1.165) is 12.4 Å². The summed E-state index contributed by atoms with van der Waals surface area (Å²) in [5.74, 6) is -2.04. The SMILES string of the molecule is CC(C=O)Cc1ccc(F)cc1C(=O)O. The Morgan fingerprint density at radius 1 is 1.60 bits per heavy atom. The first-order chi connectivity index (χ1) is 7.04. The summed E-state index contributed by atoms with van der Waals surface area (Å²) >= 11 is 0. The summed E-state index contributed by atoms with van der Waals surface area (Å²) in [6.07, 6.45) is 1.06. The number of carboxylic acid groups (broad SMARTS) is 1. The van der Waals surface area contributed by atoms with Gasteiger partial charge in [-0.25, -0.2) is 9.18 Å². The van der Waals surface area contributed by atoms with Crippen LogP contribution in [0.1, 0.15) is 22.8 Å². The van der Waals surface area contributed by atoms with Crippen LogP contribution in [0, 0.1) is 11.7 Å². The Balaban J connectivity index is 3.05. The lowest BCUT2D eigenvalue weighted by molar-refractivity contribution is -0.110. The van der Waals surface area contributed by atoms with Crippen molar-refractivity contribution in [1.82, 2.24) is 0 Å². The molecule has 0 aliphatic heterocycles. The first-order valence-corrected chi connectivity index (χ1v) is 4.51. The van der Waals surface area contributed by atoms with Gasteiger partial charge in [-0.05, 0) is 24.1 Å². The van der Waals surface area contributed by atoms with E-state index in [9.17, 15) is 14.0 Å². The molecule has 3 nitrogen and oxygen atoms in total. The van der Waals surface area contributed by atoms with E-state index in [1.165, 1.54) is 12.1 Å². The van der Waals surface area contributed by atoms with E-state index >= 15 is 0 Å². The van der Waals surface area contributed by atoms with Gasteiger partial charge in [0.05, 0.1) is 5.56 Å². The van der Waals surface area contributed by atoms with Gasteiger partial charge in [0.25, 0.3) is 0 Å². The summed E-state index contributed by atoms with van der Waals surface area (Å²) in [7, 11) is 0. The molecular weight excluding hydrogens is 199 g/mol. The minimum atomic E-state index is -1.18. The van der Waals surface area contributed by atoms with Crippen LogP contribution in [0.3, 0.4) is 0 Å². The molecule has 1 N–H and O–H groups in total. The normalized spacial score (nSPS) is 12.1. The molecule has 0 saturated carbocycles. The monoisotopic (exact) mass is 210 g/mol. The molecule has 4 heteroatoms. The predicted molar refractivity (Wildman–Crippen MR) is 52.3 cm³/mol. The maximum Gasteiger partial charge on any atom is 0.336 e. The molecule has 0 bridgehead atoms. The molecule has 1 rings (SSSR count). The molecule has 0 saturated heterocycles. The van der Waals surface area contributed by atoms with Crippen molar-refractivity contribution < 1.29 is 19.1 Å². The Morgan fingerprint density at radius 3 is 2.80 bits per heavy atom. The highest BCUT2D eigenvalue weighted by atomic mass is 19.1. The number of aldehydes is 1. The second-order valence-corrected chi connectivity index (χ2v) is 3.42. The molecule has 0 amide bonds. The first kappa shape index (κ1) is 11.4. The topological polar surface area (TPSA) is 54.4 Å². The molecule has 0 spiro atoms. The maximum atomic E-state index is 12.8. The largest absolute Gasteiger partial charge is 0.478 e. The van der Waals surface area contributed by atoms with Crippen LogP contribution in [-0.4, -0.2) is 17.4 Å². The molecule has 0 heterocycles. The van der Waals surface area contributed by atoms with Crippen molar-refractivity contribution in [2.75, 3.05) is 0 Å². The van der Waals surface area contributed by atoms with Crippen LogP contribution in [-0.2, 0) is 11.2 Å². The quantitative estimate of drug-likeness (QED) is 0.772. The molecule has 80 valence electrons. The molecule has 15 heavy (non-hydrogen) atoms. The Bertz CT molecular complexity index is 387. The summed E-state index contributed by atoms with van der Waals surface area (Å²) in [5, 5.41) is 8.82. The molecule has 1 unspecified atom stereocenters. The number of carboxylic acids is 1. The number of benzene rings is 1. The Morgan fingerprint density at radius 2 is 2.27 bits per heavy atom. The predicted octanol–water partition coefficient (Wildman–Crippen LogP) is 1.90. The lowest BCUT2D eigenvalue weighted by Crippen LogP contribution is -2.08. The average molecular weight is 210 g/mol. The minimum Gasteiger partial charge on any atom is -0.478 e. The lowest BCUT2D eigenvalue weighted by Gasteiger charge is -2.07. The molecule has 0 aliphatic rings. The number of hydrogen-bond donors (Lipinski definition) is 1. The van der Waals surface area contributed by atoms with Crippen molar-refractivity contribution in [3.63, 3.8) is 0 Å². The fourth-order valence-corrected chi connectivity index (χ4v) is 1.32. The molecule has 1 aromatic rings. The van der Waals surface area contributed by atoms with Gasteiger partial charge < -0.3 is 9.90 Å². The Kier molecular flexibility index (Phi) is 3.55. The Hall–Kier alpha value is -1.71. The summed E-state index contributed by atoms with van der Waals surface area (Å²) in [5.41, 5.74) is 0.396. The van der Waals surface area contributed by atoms with Crippen molar-refractivity contribution >= 4 is 12.3 Å². The zero-order valence-corrected chi connectivity index (χ0v) is 8.24. The Labute approximate surface area is 86.5 Å². The van der Waals surface area contributed by atoms with Crippen molar-refractivity contribution in [3.8, 4) is 0 Å². The van der Waals surface area contributed by atoms with E-state index in [1.807, 2.05) is 0 Å².